The summed E-state index contributed by atoms with van der Waals surface area (Å²) in [6, 6.07) is 8.39. The Morgan fingerprint density at radius 1 is 0.913 bits per heavy atom. The molecule has 1 aromatic rings. The van der Waals surface area contributed by atoms with Gasteiger partial charge in [-0.3, -0.25) is 9.59 Å². The van der Waals surface area contributed by atoms with E-state index in [0.717, 1.165) is 0 Å². The van der Waals surface area contributed by atoms with Gasteiger partial charge >= 0.3 is 17.9 Å². The number of hydrogen-bond acceptors (Lipinski definition) is 7. The van der Waals surface area contributed by atoms with Crippen LogP contribution in [0.1, 0.15) is 31.1 Å². The van der Waals surface area contributed by atoms with Crippen LogP contribution in [0.2, 0.25) is 0 Å². The Morgan fingerprint density at radius 3 is 2.09 bits per heavy atom. The minimum absolute atomic E-state index is 0.359. The highest BCUT2D eigenvalue weighted by atomic mass is 16.7. The Labute approximate surface area is 133 Å². The molecule has 1 aromatic carbocycles. The van der Waals surface area contributed by atoms with Crippen LogP contribution in [0.25, 0.3) is 0 Å². The summed E-state index contributed by atoms with van der Waals surface area (Å²) in [5.41, 5.74) is 0.359. The molecule has 7 heteroatoms. The lowest BCUT2D eigenvalue weighted by Crippen LogP contribution is -2.40. The molecule has 124 valence electrons. The third-order valence-electron chi connectivity index (χ3n) is 3.24. The van der Waals surface area contributed by atoms with Crippen LogP contribution in [0.4, 0.5) is 0 Å². The molecule has 0 radical (unpaired) electrons. The molecule has 2 rings (SSSR count). The molecule has 1 heterocycles. The van der Waals surface area contributed by atoms with E-state index in [-0.39, 0.29) is 0 Å². The minimum atomic E-state index is -1.11. The van der Waals surface area contributed by atoms with Gasteiger partial charge in [-0.15, -0.1) is 0 Å². The van der Waals surface area contributed by atoms with Crippen LogP contribution in [0.3, 0.4) is 0 Å². The van der Waals surface area contributed by atoms with E-state index in [1.54, 1.807) is 37.3 Å². The standard InChI is InChI=1S/C16H18O7/c1-9-13(23-15(19)12-7-5-4-6-8-12)14(21-10(2)17)16(20-9)22-11(3)18/h4-9,13-14,16H,1-3H3/t9-,13-,14+,16+/m1/s1. The Kier molecular flexibility index (Phi) is 5.33. The van der Waals surface area contributed by atoms with Crippen LogP contribution in [0.15, 0.2) is 30.3 Å². The summed E-state index contributed by atoms with van der Waals surface area (Å²) in [7, 11) is 0. The molecule has 1 fully saturated rings. The number of carbonyl (C=O) groups is 3. The summed E-state index contributed by atoms with van der Waals surface area (Å²) in [5.74, 6) is -1.76. The van der Waals surface area contributed by atoms with E-state index in [2.05, 4.69) is 0 Å². The highest BCUT2D eigenvalue weighted by Gasteiger charge is 2.49. The Morgan fingerprint density at radius 2 is 1.52 bits per heavy atom. The molecule has 23 heavy (non-hydrogen) atoms. The molecule has 0 amide bonds. The molecule has 1 saturated heterocycles. The number of esters is 3. The third-order valence-corrected chi connectivity index (χ3v) is 3.24. The van der Waals surface area contributed by atoms with E-state index < -0.39 is 42.5 Å². The van der Waals surface area contributed by atoms with Gasteiger partial charge in [0.2, 0.25) is 12.4 Å². The van der Waals surface area contributed by atoms with Crippen molar-refractivity contribution in [3.05, 3.63) is 35.9 Å². The van der Waals surface area contributed by atoms with Gasteiger partial charge in [0.05, 0.1) is 5.56 Å². The maximum Gasteiger partial charge on any atom is 0.338 e. The smallest absolute Gasteiger partial charge is 0.338 e. The van der Waals surface area contributed by atoms with Gasteiger partial charge in [-0.05, 0) is 19.1 Å². The molecular weight excluding hydrogens is 304 g/mol. The molecule has 0 unspecified atom stereocenters. The first-order valence-electron chi connectivity index (χ1n) is 7.14. The summed E-state index contributed by atoms with van der Waals surface area (Å²) in [6.07, 6.45) is -3.61. The van der Waals surface area contributed by atoms with Crippen LogP contribution >= 0.6 is 0 Å². The number of rotatable bonds is 4. The normalized spacial score (nSPS) is 26.4. The first-order chi connectivity index (χ1) is 10.9. The Balaban J connectivity index is 2.15. The van der Waals surface area contributed by atoms with E-state index in [1.807, 2.05) is 0 Å². The molecule has 4 atom stereocenters. The van der Waals surface area contributed by atoms with Crippen molar-refractivity contribution >= 4 is 17.9 Å². The SMILES string of the molecule is CC(=O)O[C@@H]1O[C@H](C)[C@@H](OC(=O)c2ccccc2)[C@@H]1OC(C)=O. The Hall–Kier alpha value is -2.41. The summed E-state index contributed by atoms with van der Waals surface area (Å²) in [4.78, 5) is 34.6. The lowest BCUT2D eigenvalue weighted by molar-refractivity contribution is -0.194. The number of hydrogen-bond donors (Lipinski definition) is 0. The van der Waals surface area contributed by atoms with Gasteiger partial charge in [0.25, 0.3) is 0 Å². The summed E-state index contributed by atoms with van der Waals surface area (Å²) in [5, 5.41) is 0. The molecule has 0 bridgehead atoms. The van der Waals surface area contributed by atoms with Crippen molar-refractivity contribution in [3.63, 3.8) is 0 Å². The van der Waals surface area contributed by atoms with E-state index in [4.69, 9.17) is 18.9 Å². The lowest BCUT2D eigenvalue weighted by atomic mass is 10.1. The average Bonchev–Trinajstić information content (AvgIpc) is 2.75. The lowest BCUT2D eigenvalue weighted by Gasteiger charge is -2.22. The zero-order chi connectivity index (χ0) is 17.0. The van der Waals surface area contributed by atoms with Crippen LogP contribution < -0.4 is 0 Å². The van der Waals surface area contributed by atoms with Gasteiger partial charge in [0.15, 0.2) is 6.10 Å². The van der Waals surface area contributed by atoms with Gasteiger partial charge < -0.3 is 18.9 Å². The first-order valence-corrected chi connectivity index (χ1v) is 7.14. The predicted molar refractivity (Wildman–Crippen MR) is 77.3 cm³/mol. The van der Waals surface area contributed by atoms with Gasteiger partial charge in [0.1, 0.15) is 6.10 Å². The monoisotopic (exact) mass is 322 g/mol. The summed E-state index contributed by atoms with van der Waals surface area (Å²) in [6.45, 7) is 4.06. The van der Waals surface area contributed by atoms with E-state index in [1.165, 1.54) is 13.8 Å². The first kappa shape index (κ1) is 17.0. The van der Waals surface area contributed by atoms with Crippen molar-refractivity contribution in [2.24, 2.45) is 0 Å². The molecule has 0 saturated carbocycles. The van der Waals surface area contributed by atoms with Crippen LogP contribution in [-0.4, -0.2) is 42.5 Å². The van der Waals surface area contributed by atoms with E-state index in [0.29, 0.717) is 5.56 Å². The highest BCUT2D eigenvalue weighted by molar-refractivity contribution is 5.89. The van der Waals surface area contributed by atoms with Crippen LogP contribution in [-0.2, 0) is 28.5 Å². The average molecular weight is 322 g/mol. The molecule has 0 N–H and O–H groups in total. The number of benzene rings is 1. The maximum absolute atomic E-state index is 12.2. The molecule has 1 aliphatic rings. The molecule has 0 aromatic heterocycles. The summed E-state index contributed by atoms with van der Waals surface area (Å²) >= 11 is 0. The van der Waals surface area contributed by atoms with E-state index in [9.17, 15) is 14.4 Å². The van der Waals surface area contributed by atoms with E-state index >= 15 is 0 Å². The molecule has 0 spiro atoms. The quantitative estimate of drug-likeness (QED) is 0.612. The van der Waals surface area contributed by atoms with Gasteiger partial charge in [-0.25, -0.2) is 4.79 Å². The van der Waals surface area contributed by atoms with Crippen molar-refractivity contribution in [1.29, 1.82) is 0 Å². The molecule has 7 nitrogen and oxygen atoms in total. The van der Waals surface area contributed by atoms with Crippen LogP contribution in [0, 0.1) is 0 Å². The predicted octanol–water partition coefficient (Wildman–Crippen LogP) is 1.45. The zero-order valence-corrected chi connectivity index (χ0v) is 13.1. The topological polar surface area (TPSA) is 88.1 Å². The molecular formula is C16H18O7. The maximum atomic E-state index is 12.2. The van der Waals surface area contributed by atoms with Gasteiger partial charge in [-0.2, -0.15) is 0 Å². The van der Waals surface area contributed by atoms with Crippen molar-refractivity contribution in [1.82, 2.24) is 0 Å². The fourth-order valence-electron chi connectivity index (χ4n) is 2.29. The number of carbonyl (C=O) groups excluding carboxylic acids is 3. The van der Waals surface area contributed by atoms with Crippen molar-refractivity contribution in [2.45, 2.75) is 45.4 Å². The third kappa shape index (κ3) is 4.29. The van der Waals surface area contributed by atoms with Crippen molar-refractivity contribution in [3.8, 4) is 0 Å². The Bertz CT molecular complexity index is 583. The van der Waals surface area contributed by atoms with Gasteiger partial charge in [-0.1, -0.05) is 18.2 Å². The highest BCUT2D eigenvalue weighted by Crippen LogP contribution is 2.28. The molecule has 0 aliphatic carbocycles. The second-order valence-corrected chi connectivity index (χ2v) is 5.13. The fraction of sp³-hybridized carbons (Fsp3) is 0.438. The zero-order valence-electron chi connectivity index (χ0n) is 13.1. The van der Waals surface area contributed by atoms with Crippen LogP contribution in [0.5, 0.6) is 0 Å². The fourth-order valence-corrected chi connectivity index (χ4v) is 2.29. The second kappa shape index (κ2) is 7.23. The molecule has 1 aliphatic heterocycles. The van der Waals surface area contributed by atoms with Gasteiger partial charge in [0, 0.05) is 13.8 Å². The summed E-state index contributed by atoms with van der Waals surface area (Å²) < 4.78 is 20.9. The minimum Gasteiger partial charge on any atom is -0.452 e. The number of ether oxygens (including phenoxy) is 4. The largest absolute Gasteiger partial charge is 0.452 e. The van der Waals surface area contributed by atoms with Crippen molar-refractivity contribution < 1.29 is 33.3 Å². The second-order valence-electron chi connectivity index (χ2n) is 5.13. The van der Waals surface area contributed by atoms with Crippen molar-refractivity contribution in [2.75, 3.05) is 0 Å².